The highest BCUT2D eigenvalue weighted by atomic mass is 32.2. The van der Waals surface area contributed by atoms with Gasteiger partial charge in [-0.3, -0.25) is 14.2 Å². The first-order valence-corrected chi connectivity index (χ1v) is 13.9. The molecule has 0 spiro atoms. The van der Waals surface area contributed by atoms with Gasteiger partial charge in [0.25, 0.3) is 11.5 Å². The molecule has 0 radical (unpaired) electrons. The zero-order chi connectivity index (χ0) is 24.4. The summed E-state index contributed by atoms with van der Waals surface area (Å²) in [6, 6.07) is 11.3. The Bertz CT molecular complexity index is 1470. The number of ether oxygens (including phenoxy) is 1. The largest absolute Gasteiger partial charge is 0.497 e. The number of amides is 1. The number of hydrazone groups is 1. The van der Waals surface area contributed by atoms with E-state index in [-0.39, 0.29) is 17.2 Å². The number of nitrogens with one attached hydrogen (secondary N) is 1. The molecule has 1 N–H and O–H groups in total. The van der Waals surface area contributed by atoms with Crippen molar-refractivity contribution in [3.8, 4) is 11.4 Å². The van der Waals surface area contributed by atoms with Gasteiger partial charge in [-0.1, -0.05) is 11.8 Å². The van der Waals surface area contributed by atoms with Crippen molar-refractivity contribution in [3.05, 3.63) is 66.9 Å². The van der Waals surface area contributed by atoms with E-state index in [1.807, 2.05) is 43.3 Å². The van der Waals surface area contributed by atoms with E-state index >= 15 is 0 Å². The predicted octanol–water partition coefficient (Wildman–Crippen LogP) is 4.95. The van der Waals surface area contributed by atoms with Crippen molar-refractivity contribution >= 4 is 56.8 Å². The molecular weight excluding hydrogens is 501 g/mol. The summed E-state index contributed by atoms with van der Waals surface area (Å²) in [5.74, 6) is 0.525. The van der Waals surface area contributed by atoms with E-state index < -0.39 is 0 Å². The Morgan fingerprint density at radius 1 is 1.20 bits per heavy atom. The van der Waals surface area contributed by atoms with Crippen LogP contribution in [0.2, 0.25) is 0 Å². The lowest BCUT2D eigenvalue weighted by Gasteiger charge is -2.14. The minimum atomic E-state index is -0.263. The average molecular weight is 525 g/mol. The van der Waals surface area contributed by atoms with Crippen LogP contribution in [0.4, 0.5) is 0 Å². The second kappa shape index (κ2) is 10.3. The molecule has 0 saturated heterocycles. The number of thiophene rings is 2. The summed E-state index contributed by atoms with van der Waals surface area (Å²) in [5.41, 5.74) is 4.31. The molecule has 0 atom stereocenters. The molecule has 1 aliphatic rings. The van der Waals surface area contributed by atoms with E-state index in [0.29, 0.717) is 22.0 Å². The number of carbonyl (C=O) groups excluding carboxylic acids is 1. The molecule has 180 valence electrons. The van der Waals surface area contributed by atoms with Crippen LogP contribution in [0, 0.1) is 6.92 Å². The number of nitrogens with zero attached hydrogens (tertiary/aromatic N) is 3. The zero-order valence-electron chi connectivity index (χ0n) is 19.4. The summed E-state index contributed by atoms with van der Waals surface area (Å²) in [5, 5.41) is 5.25. The molecule has 1 aliphatic carbocycles. The van der Waals surface area contributed by atoms with Crippen molar-refractivity contribution in [2.75, 3.05) is 12.9 Å². The summed E-state index contributed by atoms with van der Waals surface area (Å²) in [7, 11) is 1.61. The third kappa shape index (κ3) is 5.05. The first kappa shape index (κ1) is 23.8. The monoisotopic (exact) mass is 524 g/mol. The number of aromatic nitrogens is 2. The van der Waals surface area contributed by atoms with Gasteiger partial charge in [-0.25, -0.2) is 10.4 Å². The molecular formula is C25H24N4O3S3. The Hall–Kier alpha value is -2.95. The van der Waals surface area contributed by atoms with E-state index in [4.69, 9.17) is 9.72 Å². The van der Waals surface area contributed by atoms with Gasteiger partial charge in [0, 0.05) is 14.6 Å². The van der Waals surface area contributed by atoms with Crippen LogP contribution in [0.3, 0.4) is 0 Å². The molecule has 0 bridgehead atoms. The Labute approximate surface area is 214 Å². The number of rotatable bonds is 7. The quantitative estimate of drug-likeness (QED) is 0.160. The van der Waals surface area contributed by atoms with Gasteiger partial charge < -0.3 is 4.74 Å². The lowest BCUT2D eigenvalue weighted by molar-refractivity contribution is -0.118. The fourth-order valence-corrected chi connectivity index (χ4v) is 6.95. The van der Waals surface area contributed by atoms with Crippen LogP contribution < -0.4 is 15.7 Å². The van der Waals surface area contributed by atoms with E-state index in [9.17, 15) is 9.59 Å². The molecule has 1 aromatic carbocycles. The fourth-order valence-electron chi connectivity index (χ4n) is 4.10. The maximum absolute atomic E-state index is 13.8. The second-order valence-electron chi connectivity index (χ2n) is 8.15. The van der Waals surface area contributed by atoms with Crippen molar-refractivity contribution in [3.63, 3.8) is 0 Å². The van der Waals surface area contributed by atoms with Crippen LogP contribution in [0.25, 0.3) is 15.9 Å². The first-order valence-electron chi connectivity index (χ1n) is 11.3. The maximum atomic E-state index is 13.8. The van der Waals surface area contributed by atoms with Gasteiger partial charge >= 0.3 is 0 Å². The van der Waals surface area contributed by atoms with Gasteiger partial charge in [-0.15, -0.1) is 22.7 Å². The van der Waals surface area contributed by atoms with Crippen molar-refractivity contribution in [1.82, 2.24) is 15.0 Å². The highest BCUT2D eigenvalue weighted by Gasteiger charge is 2.23. The van der Waals surface area contributed by atoms with Gasteiger partial charge in [-0.2, -0.15) is 5.10 Å². The lowest BCUT2D eigenvalue weighted by atomic mass is 9.97. The minimum Gasteiger partial charge on any atom is -0.497 e. The van der Waals surface area contributed by atoms with Crippen LogP contribution >= 0.6 is 34.4 Å². The number of benzene rings is 1. The Kier molecular flexibility index (Phi) is 7.03. The zero-order valence-corrected chi connectivity index (χ0v) is 21.8. The van der Waals surface area contributed by atoms with Gasteiger partial charge in [0.2, 0.25) is 0 Å². The summed E-state index contributed by atoms with van der Waals surface area (Å²) in [6.07, 6.45) is 5.76. The molecule has 35 heavy (non-hydrogen) atoms. The normalized spacial score (nSPS) is 13.3. The van der Waals surface area contributed by atoms with E-state index in [1.165, 1.54) is 21.5 Å². The van der Waals surface area contributed by atoms with Crippen molar-refractivity contribution in [2.24, 2.45) is 5.10 Å². The topological polar surface area (TPSA) is 85.6 Å². The number of aryl methyl sites for hydroxylation is 3. The van der Waals surface area contributed by atoms with Crippen LogP contribution in [0.15, 0.2) is 51.5 Å². The molecule has 0 aliphatic heterocycles. The lowest BCUT2D eigenvalue weighted by Crippen LogP contribution is -2.24. The average Bonchev–Trinajstić information content (AvgIpc) is 3.45. The van der Waals surface area contributed by atoms with E-state index in [1.54, 1.807) is 40.6 Å². The number of carbonyl (C=O) groups is 1. The molecule has 7 nitrogen and oxygen atoms in total. The number of hydrogen-bond acceptors (Lipinski definition) is 8. The van der Waals surface area contributed by atoms with Crippen LogP contribution in [-0.4, -0.2) is 34.5 Å². The van der Waals surface area contributed by atoms with Gasteiger partial charge in [0.1, 0.15) is 10.6 Å². The Morgan fingerprint density at radius 2 is 2.00 bits per heavy atom. The molecule has 4 aromatic rings. The number of fused-ring (bicyclic) bond motifs is 3. The molecule has 0 fully saturated rings. The summed E-state index contributed by atoms with van der Waals surface area (Å²) in [4.78, 5) is 35.3. The van der Waals surface area contributed by atoms with Crippen LogP contribution in [-0.2, 0) is 17.6 Å². The summed E-state index contributed by atoms with van der Waals surface area (Å²) >= 11 is 4.44. The molecule has 10 heteroatoms. The van der Waals surface area contributed by atoms with Crippen molar-refractivity contribution < 1.29 is 9.53 Å². The van der Waals surface area contributed by atoms with Crippen molar-refractivity contribution in [1.29, 1.82) is 0 Å². The van der Waals surface area contributed by atoms with Crippen molar-refractivity contribution in [2.45, 2.75) is 37.8 Å². The third-order valence-corrected chi connectivity index (χ3v) is 8.82. The molecule has 1 amide bonds. The summed E-state index contributed by atoms with van der Waals surface area (Å²) < 4.78 is 6.89. The number of hydrogen-bond donors (Lipinski definition) is 1. The Morgan fingerprint density at radius 3 is 2.74 bits per heavy atom. The van der Waals surface area contributed by atoms with E-state index in [2.05, 4.69) is 10.5 Å². The van der Waals surface area contributed by atoms with E-state index in [0.717, 1.165) is 41.0 Å². The predicted molar refractivity (Wildman–Crippen MR) is 144 cm³/mol. The minimum absolute atomic E-state index is 0.0833. The van der Waals surface area contributed by atoms with Gasteiger partial charge in [0.05, 0.1) is 30.2 Å². The summed E-state index contributed by atoms with van der Waals surface area (Å²) in [6.45, 7) is 2.02. The fraction of sp³-hybridized carbons (Fsp3) is 0.280. The van der Waals surface area contributed by atoms with Gasteiger partial charge in [-0.05, 0) is 74.6 Å². The number of thioether (sulfide) groups is 1. The highest BCUT2D eigenvalue weighted by Crippen LogP contribution is 2.35. The Balaban J connectivity index is 1.45. The van der Waals surface area contributed by atoms with Gasteiger partial charge in [0.15, 0.2) is 5.16 Å². The highest BCUT2D eigenvalue weighted by molar-refractivity contribution is 7.99. The standard InChI is InChI=1S/C25H24N4O3S3/c1-15-7-12-18(34-15)13-26-28-21(30)14-33-25-27-23-22(19-5-3-4-6-20(19)35-23)24(31)29(25)16-8-10-17(32-2)11-9-16/h7-13H,3-6,14H2,1-2H3,(H,28,30). The molecule has 0 unspecified atom stereocenters. The molecule has 0 saturated carbocycles. The molecule has 3 heterocycles. The maximum Gasteiger partial charge on any atom is 0.267 e. The third-order valence-electron chi connectivity index (χ3n) is 5.76. The van der Waals surface area contributed by atoms with Crippen LogP contribution in [0.1, 0.15) is 33.0 Å². The second-order valence-corrected chi connectivity index (χ2v) is 11.5. The molecule has 5 rings (SSSR count). The molecule has 3 aromatic heterocycles. The van der Waals surface area contributed by atoms with Crippen LogP contribution in [0.5, 0.6) is 5.75 Å². The smallest absolute Gasteiger partial charge is 0.267 e. The first-order chi connectivity index (χ1) is 17.0. The SMILES string of the molecule is COc1ccc(-n2c(SCC(=O)NN=Cc3ccc(C)s3)nc3sc4c(c3c2=O)CCCC4)cc1. The number of methoxy groups -OCH3 is 1.